The number of carbonyl (C=O) groups is 2. The maximum absolute atomic E-state index is 13.6. The number of amides is 2. The molecule has 166 valence electrons. The molecule has 1 aliphatic carbocycles. The minimum atomic E-state index is -0.175. The van der Waals surface area contributed by atoms with Crippen LogP contribution in [0.25, 0.3) is 0 Å². The number of carbonyl (C=O) groups excluding carboxylic acids is 2. The predicted octanol–water partition coefficient (Wildman–Crippen LogP) is 6.54. The lowest BCUT2D eigenvalue weighted by atomic mass is 9.72. The van der Waals surface area contributed by atoms with Crippen LogP contribution in [0.2, 0.25) is 0 Å². The van der Waals surface area contributed by atoms with E-state index < -0.39 is 0 Å². The summed E-state index contributed by atoms with van der Waals surface area (Å²) in [7, 11) is 0. The summed E-state index contributed by atoms with van der Waals surface area (Å²) in [4.78, 5) is 29.9. The minimum Gasteiger partial charge on any atom is -0.339 e. The molecule has 31 heavy (non-hydrogen) atoms. The number of piperidine rings is 1. The first-order valence-corrected chi connectivity index (χ1v) is 12.9. The first-order chi connectivity index (χ1) is 14.8. The molecule has 0 spiro atoms. The Labute approximate surface area is 197 Å². The van der Waals surface area contributed by atoms with Gasteiger partial charge >= 0.3 is 0 Å². The van der Waals surface area contributed by atoms with Crippen molar-refractivity contribution in [3.8, 4) is 0 Å². The van der Waals surface area contributed by atoms with Crippen LogP contribution in [0.15, 0.2) is 28.7 Å². The van der Waals surface area contributed by atoms with E-state index >= 15 is 0 Å². The molecule has 0 bridgehead atoms. The second kappa shape index (κ2) is 9.07. The first kappa shape index (κ1) is 22.5. The van der Waals surface area contributed by atoms with Gasteiger partial charge in [0.25, 0.3) is 11.8 Å². The highest BCUT2D eigenvalue weighted by Crippen LogP contribution is 2.45. The fourth-order valence-electron chi connectivity index (χ4n) is 4.71. The number of halogens is 1. The van der Waals surface area contributed by atoms with Gasteiger partial charge in [0, 0.05) is 22.4 Å². The highest BCUT2D eigenvalue weighted by molar-refractivity contribution is 9.10. The maximum Gasteiger partial charge on any atom is 0.257 e. The Morgan fingerprint density at radius 1 is 1.13 bits per heavy atom. The van der Waals surface area contributed by atoms with E-state index in [-0.39, 0.29) is 17.2 Å². The van der Waals surface area contributed by atoms with Crippen molar-refractivity contribution in [1.82, 2.24) is 4.90 Å². The number of benzene rings is 1. The molecular formula is C25H31BrN2O2S. The number of nitrogens with zero attached hydrogens (tertiary/aromatic N) is 1. The number of anilines is 1. The summed E-state index contributed by atoms with van der Waals surface area (Å²) in [5, 5.41) is 3.82. The van der Waals surface area contributed by atoms with Gasteiger partial charge in [-0.05, 0) is 83.5 Å². The molecule has 1 aromatic heterocycles. The number of thiophene rings is 1. The van der Waals surface area contributed by atoms with Gasteiger partial charge in [0.15, 0.2) is 0 Å². The molecule has 4 rings (SSSR count). The standard InChI is InChI=1S/C25H31BrN2O2S/c1-25(2,3)16-11-12-18-20(15-16)31-23(21(18)24(30)28-13-7-4-8-14-28)27-22(29)17-9-5-6-10-19(17)26/h5-6,9-10,16H,4,7-8,11-15H2,1-3H3,(H,27,29). The molecule has 0 radical (unpaired) electrons. The highest BCUT2D eigenvalue weighted by Gasteiger charge is 2.35. The van der Waals surface area contributed by atoms with E-state index in [0.717, 1.165) is 60.2 Å². The fourth-order valence-corrected chi connectivity index (χ4v) is 6.49. The Morgan fingerprint density at radius 3 is 2.52 bits per heavy atom. The van der Waals surface area contributed by atoms with Crippen LogP contribution in [0.3, 0.4) is 0 Å². The van der Waals surface area contributed by atoms with Crippen LogP contribution < -0.4 is 5.32 Å². The van der Waals surface area contributed by atoms with Crippen molar-refractivity contribution in [3.63, 3.8) is 0 Å². The van der Waals surface area contributed by atoms with Gasteiger partial charge in [0.05, 0.1) is 11.1 Å². The van der Waals surface area contributed by atoms with Gasteiger partial charge in [0.1, 0.15) is 5.00 Å². The van der Waals surface area contributed by atoms with E-state index in [1.807, 2.05) is 23.1 Å². The van der Waals surface area contributed by atoms with Crippen LogP contribution in [0, 0.1) is 11.3 Å². The quantitative estimate of drug-likeness (QED) is 0.517. The molecule has 1 fully saturated rings. The zero-order chi connectivity index (χ0) is 22.2. The largest absolute Gasteiger partial charge is 0.339 e. The minimum absolute atomic E-state index is 0.0915. The van der Waals surface area contributed by atoms with Gasteiger partial charge in [-0.15, -0.1) is 11.3 Å². The van der Waals surface area contributed by atoms with Gasteiger partial charge in [-0.2, -0.15) is 0 Å². The van der Waals surface area contributed by atoms with Crippen molar-refractivity contribution in [2.24, 2.45) is 11.3 Å². The number of rotatable bonds is 3. The Morgan fingerprint density at radius 2 is 1.84 bits per heavy atom. The van der Waals surface area contributed by atoms with Crippen LogP contribution in [0.5, 0.6) is 0 Å². The second-order valence-electron chi connectivity index (χ2n) is 9.80. The lowest BCUT2D eigenvalue weighted by Crippen LogP contribution is -2.36. The second-order valence-corrected chi connectivity index (χ2v) is 11.8. The van der Waals surface area contributed by atoms with E-state index in [9.17, 15) is 9.59 Å². The summed E-state index contributed by atoms with van der Waals surface area (Å²) in [5.41, 5.74) is 2.73. The molecule has 4 nitrogen and oxygen atoms in total. The third-order valence-electron chi connectivity index (χ3n) is 6.69. The van der Waals surface area contributed by atoms with E-state index in [0.29, 0.717) is 11.5 Å². The number of fused-ring (bicyclic) bond motifs is 1. The van der Waals surface area contributed by atoms with Gasteiger partial charge in [0.2, 0.25) is 0 Å². The molecule has 0 saturated carbocycles. The fraction of sp³-hybridized carbons (Fsp3) is 0.520. The molecule has 1 unspecified atom stereocenters. The van der Waals surface area contributed by atoms with Gasteiger partial charge in [-0.1, -0.05) is 32.9 Å². The van der Waals surface area contributed by atoms with Crippen molar-refractivity contribution in [2.45, 2.75) is 59.3 Å². The number of hydrogen-bond acceptors (Lipinski definition) is 3. The van der Waals surface area contributed by atoms with E-state index in [2.05, 4.69) is 42.0 Å². The molecule has 1 aliphatic heterocycles. The van der Waals surface area contributed by atoms with Gasteiger partial charge in [-0.3, -0.25) is 9.59 Å². The Bertz CT molecular complexity index is 986. The highest BCUT2D eigenvalue weighted by atomic mass is 79.9. The maximum atomic E-state index is 13.6. The summed E-state index contributed by atoms with van der Waals surface area (Å²) >= 11 is 5.08. The van der Waals surface area contributed by atoms with Crippen molar-refractivity contribution < 1.29 is 9.59 Å². The summed E-state index contributed by atoms with van der Waals surface area (Å²) < 4.78 is 0.755. The van der Waals surface area contributed by atoms with E-state index in [1.54, 1.807) is 17.4 Å². The molecule has 6 heteroatoms. The van der Waals surface area contributed by atoms with Crippen molar-refractivity contribution >= 4 is 44.1 Å². The molecule has 1 N–H and O–H groups in total. The van der Waals surface area contributed by atoms with Crippen LogP contribution in [0.1, 0.15) is 77.6 Å². The number of hydrogen-bond donors (Lipinski definition) is 1. The molecule has 2 aliphatic rings. The van der Waals surface area contributed by atoms with Crippen LogP contribution in [-0.2, 0) is 12.8 Å². The molecule has 2 aromatic rings. The summed E-state index contributed by atoms with van der Waals surface area (Å²) in [5.74, 6) is 0.503. The van der Waals surface area contributed by atoms with Crippen molar-refractivity contribution in [2.75, 3.05) is 18.4 Å². The van der Waals surface area contributed by atoms with Crippen molar-refractivity contribution in [1.29, 1.82) is 0 Å². The SMILES string of the molecule is CC(C)(C)C1CCc2c(sc(NC(=O)c3ccccc3Br)c2C(=O)N2CCCCC2)C1. The number of nitrogens with one attached hydrogen (secondary N) is 1. The molecule has 1 aromatic carbocycles. The Kier molecular flexibility index (Phi) is 6.59. The third kappa shape index (κ3) is 4.75. The lowest BCUT2D eigenvalue weighted by molar-refractivity contribution is 0.0724. The smallest absolute Gasteiger partial charge is 0.257 e. The molecular weight excluding hydrogens is 472 g/mol. The van der Waals surface area contributed by atoms with Crippen molar-refractivity contribution in [3.05, 3.63) is 50.3 Å². The molecule has 1 saturated heterocycles. The summed E-state index contributed by atoms with van der Waals surface area (Å²) in [6.45, 7) is 8.51. The Hall–Kier alpha value is -1.66. The van der Waals surface area contributed by atoms with E-state index in [4.69, 9.17) is 0 Å². The number of likely N-dealkylation sites (tertiary alicyclic amines) is 1. The molecule has 1 atom stereocenters. The topological polar surface area (TPSA) is 49.4 Å². The zero-order valence-electron chi connectivity index (χ0n) is 18.6. The predicted molar refractivity (Wildman–Crippen MR) is 131 cm³/mol. The van der Waals surface area contributed by atoms with Crippen LogP contribution in [0.4, 0.5) is 5.00 Å². The van der Waals surface area contributed by atoms with Crippen LogP contribution >= 0.6 is 27.3 Å². The van der Waals surface area contributed by atoms with Crippen LogP contribution in [-0.4, -0.2) is 29.8 Å². The monoisotopic (exact) mass is 502 g/mol. The average Bonchev–Trinajstić information content (AvgIpc) is 3.10. The molecule has 2 amide bonds. The molecule has 2 heterocycles. The lowest BCUT2D eigenvalue weighted by Gasteiger charge is -2.34. The summed E-state index contributed by atoms with van der Waals surface area (Å²) in [6, 6.07) is 7.41. The van der Waals surface area contributed by atoms with Gasteiger partial charge < -0.3 is 10.2 Å². The first-order valence-electron chi connectivity index (χ1n) is 11.3. The zero-order valence-corrected chi connectivity index (χ0v) is 21.0. The van der Waals surface area contributed by atoms with Gasteiger partial charge in [-0.25, -0.2) is 0 Å². The Balaban J connectivity index is 1.69. The summed E-state index contributed by atoms with van der Waals surface area (Å²) in [6.07, 6.45) is 6.28. The third-order valence-corrected chi connectivity index (χ3v) is 8.55. The van der Waals surface area contributed by atoms with E-state index in [1.165, 1.54) is 16.9 Å². The average molecular weight is 504 g/mol. The normalized spacial score (nSPS) is 19.1.